The highest BCUT2D eigenvalue weighted by molar-refractivity contribution is 14.1. The van der Waals surface area contributed by atoms with Crippen LogP contribution in [-0.2, 0) is 14.8 Å². The van der Waals surface area contributed by atoms with E-state index >= 15 is 0 Å². The van der Waals surface area contributed by atoms with E-state index in [-0.39, 0.29) is 23.5 Å². The van der Waals surface area contributed by atoms with Crippen molar-refractivity contribution in [3.05, 3.63) is 52.1 Å². The number of rotatable bonds is 7. The Kier molecular flexibility index (Phi) is 6.72. The van der Waals surface area contributed by atoms with Crippen LogP contribution in [0.4, 0.5) is 5.69 Å². The minimum Gasteiger partial charge on any atom is -0.484 e. The van der Waals surface area contributed by atoms with Gasteiger partial charge in [0.1, 0.15) is 5.75 Å². The smallest absolute Gasteiger partial charge is 0.262 e. The van der Waals surface area contributed by atoms with Gasteiger partial charge in [-0.3, -0.25) is 4.79 Å². The normalized spacial score (nSPS) is 14.9. The fraction of sp³-hybridized carbons (Fsp3) is 0.316. The Morgan fingerprint density at radius 1 is 1.04 bits per heavy atom. The van der Waals surface area contributed by atoms with E-state index in [2.05, 4.69) is 32.6 Å². The summed E-state index contributed by atoms with van der Waals surface area (Å²) in [5.74, 6) is 0.156. The molecule has 0 aromatic heterocycles. The van der Waals surface area contributed by atoms with E-state index in [9.17, 15) is 13.2 Å². The molecule has 1 aliphatic carbocycles. The Morgan fingerprint density at radius 3 is 2.30 bits per heavy atom. The van der Waals surface area contributed by atoms with Gasteiger partial charge in [-0.15, -0.1) is 0 Å². The van der Waals surface area contributed by atoms with E-state index in [0.29, 0.717) is 11.4 Å². The summed E-state index contributed by atoms with van der Waals surface area (Å²) in [7, 11) is -3.52. The van der Waals surface area contributed by atoms with Gasteiger partial charge in [0.25, 0.3) is 5.91 Å². The molecular formula is C19H21IN2O4S. The zero-order chi connectivity index (χ0) is 19.3. The fourth-order valence-corrected chi connectivity index (χ4v) is 4.59. The lowest BCUT2D eigenvalue weighted by Gasteiger charge is -2.13. The molecule has 0 bridgehead atoms. The third-order valence-electron chi connectivity index (χ3n) is 4.31. The van der Waals surface area contributed by atoms with Gasteiger partial charge in [0, 0.05) is 15.3 Å². The Labute approximate surface area is 172 Å². The molecule has 2 N–H and O–H groups in total. The fourth-order valence-electron chi connectivity index (χ4n) is 2.93. The molecule has 144 valence electrons. The predicted molar refractivity (Wildman–Crippen MR) is 112 cm³/mol. The van der Waals surface area contributed by atoms with Crippen molar-refractivity contribution in [3.63, 3.8) is 0 Å². The molecule has 1 saturated carbocycles. The van der Waals surface area contributed by atoms with E-state index in [1.54, 1.807) is 12.1 Å². The number of carbonyl (C=O) groups is 1. The summed E-state index contributed by atoms with van der Waals surface area (Å²) in [4.78, 5) is 12.1. The molecule has 6 nitrogen and oxygen atoms in total. The van der Waals surface area contributed by atoms with E-state index in [4.69, 9.17) is 4.74 Å². The van der Waals surface area contributed by atoms with Crippen LogP contribution in [0.1, 0.15) is 25.7 Å². The van der Waals surface area contributed by atoms with Crippen LogP contribution in [0.5, 0.6) is 5.75 Å². The highest BCUT2D eigenvalue weighted by Crippen LogP contribution is 2.21. The van der Waals surface area contributed by atoms with Crippen LogP contribution in [0.3, 0.4) is 0 Å². The van der Waals surface area contributed by atoms with E-state index < -0.39 is 10.0 Å². The second-order valence-corrected chi connectivity index (χ2v) is 9.38. The SMILES string of the molecule is O=C(COc1ccc(S(=O)(=O)NC2CCCC2)cc1)Nc1ccc(I)cc1. The van der Waals surface area contributed by atoms with Gasteiger partial charge in [-0.2, -0.15) is 0 Å². The summed E-state index contributed by atoms with van der Waals surface area (Å²) in [5, 5.41) is 2.74. The molecule has 0 saturated heterocycles. The number of amides is 1. The molecule has 0 heterocycles. The van der Waals surface area contributed by atoms with Gasteiger partial charge >= 0.3 is 0 Å². The van der Waals surface area contributed by atoms with Gasteiger partial charge in [-0.25, -0.2) is 13.1 Å². The molecule has 1 fully saturated rings. The van der Waals surface area contributed by atoms with Crippen LogP contribution in [-0.4, -0.2) is 27.0 Å². The molecule has 0 spiro atoms. The first-order valence-electron chi connectivity index (χ1n) is 8.73. The lowest BCUT2D eigenvalue weighted by Crippen LogP contribution is -2.32. The maximum atomic E-state index is 12.4. The summed E-state index contributed by atoms with van der Waals surface area (Å²) in [6, 6.07) is 13.5. The second-order valence-electron chi connectivity index (χ2n) is 6.42. The lowest BCUT2D eigenvalue weighted by molar-refractivity contribution is -0.118. The molecule has 3 rings (SSSR count). The quantitative estimate of drug-likeness (QED) is 0.570. The van der Waals surface area contributed by atoms with Gasteiger partial charge in [0.2, 0.25) is 10.0 Å². The molecule has 1 aliphatic rings. The molecule has 27 heavy (non-hydrogen) atoms. The number of anilines is 1. The summed E-state index contributed by atoms with van der Waals surface area (Å²) in [5.41, 5.74) is 0.698. The lowest BCUT2D eigenvalue weighted by atomic mass is 10.3. The minimum absolute atomic E-state index is 0.0240. The summed E-state index contributed by atoms with van der Waals surface area (Å²) >= 11 is 2.19. The van der Waals surface area contributed by atoms with Gasteiger partial charge in [0.05, 0.1) is 4.90 Å². The van der Waals surface area contributed by atoms with E-state index in [0.717, 1.165) is 29.3 Å². The van der Waals surface area contributed by atoms with Crippen molar-refractivity contribution in [2.45, 2.75) is 36.6 Å². The van der Waals surface area contributed by atoms with Crippen LogP contribution in [0, 0.1) is 3.57 Å². The third kappa shape index (κ3) is 5.91. The van der Waals surface area contributed by atoms with Crippen molar-refractivity contribution in [2.75, 3.05) is 11.9 Å². The number of nitrogens with one attached hydrogen (secondary N) is 2. The highest BCUT2D eigenvalue weighted by Gasteiger charge is 2.22. The first-order chi connectivity index (χ1) is 12.9. The standard InChI is InChI=1S/C19H21IN2O4S/c20-14-5-7-15(8-6-14)21-19(23)13-26-17-9-11-18(12-10-17)27(24,25)22-16-3-1-2-4-16/h5-12,16,22H,1-4,13H2,(H,21,23). The zero-order valence-corrected chi connectivity index (χ0v) is 17.6. The van der Waals surface area contributed by atoms with Crippen LogP contribution in [0.2, 0.25) is 0 Å². The van der Waals surface area contributed by atoms with Crippen LogP contribution >= 0.6 is 22.6 Å². The topological polar surface area (TPSA) is 84.5 Å². The van der Waals surface area contributed by atoms with Gasteiger partial charge in [-0.05, 0) is 84.0 Å². The number of hydrogen-bond acceptors (Lipinski definition) is 4. The Morgan fingerprint density at radius 2 is 1.67 bits per heavy atom. The average Bonchev–Trinajstić information content (AvgIpc) is 3.14. The molecule has 0 atom stereocenters. The van der Waals surface area contributed by atoms with Crippen molar-refractivity contribution in [3.8, 4) is 5.75 Å². The maximum Gasteiger partial charge on any atom is 0.262 e. The van der Waals surface area contributed by atoms with E-state index in [1.165, 1.54) is 12.1 Å². The molecule has 0 radical (unpaired) electrons. The number of halogens is 1. The largest absolute Gasteiger partial charge is 0.484 e. The van der Waals surface area contributed by atoms with Gasteiger partial charge in [-0.1, -0.05) is 12.8 Å². The molecule has 1 amide bonds. The molecule has 8 heteroatoms. The van der Waals surface area contributed by atoms with Crippen molar-refractivity contribution < 1.29 is 17.9 Å². The maximum absolute atomic E-state index is 12.4. The van der Waals surface area contributed by atoms with Crippen molar-refractivity contribution in [2.24, 2.45) is 0 Å². The molecular weight excluding hydrogens is 479 g/mol. The number of carbonyl (C=O) groups excluding carboxylic acids is 1. The predicted octanol–water partition coefficient (Wildman–Crippen LogP) is 3.53. The van der Waals surface area contributed by atoms with Crippen molar-refractivity contribution in [1.29, 1.82) is 0 Å². The summed E-state index contributed by atoms with van der Waals surface area (Å²) < 4.78 is 34.0. The molecule has 0 aliphatic heterocycles. The van der Waals surface area contributed by atoms with Gasteiger partial charge in [0.15, 0.2) is 6.61 Å². The third-order valence-corrected chi connectivity index (χ3v) is 6.56. The number of hydrogen-bond donors (Lipinski definition) is 2. The Bertz CT molecular complexity index is 877. The highest BCUT2D eigenvalue weighted by atomic mass is 127. The van der Waals surface area contributed by atoms with Crippen molar-refractivity contribution in [1.82, 2.24) is 4.72 Å². The molecule has 0 unspecified atom stereocenters. The zero-order valence-electron chi connectivity index (χ0n) is 14.7. The monoisotopic (exact) mass is 500 g/mol. The minimum atomic E-state index is -3.52. The summed E-state index contributed by atoms with van der Waals surface area (Å²) in [6.45, 7) is -0.154. The summed E-state index contributed by atoms with van der Waals surface area (Å²) in [6.07, 6.45) is 3.89. The van der Waals surface area contributed by atoms with Crippen LogP contribution < -0.4 is 14.8 Å². The average molecular weight is 500 g/mol. The van der Waals surface area contributed by atoms with Crippen LogP contribution in [0.15, 0.2) is 53.4 Å². The number of sulfonamides is 1. The molecule has 2 aromatic rings. The number of ether oxygens (including phenoxy) is 1. The van der Waals surface area contributed by atoms with E-state index in [1.807, 2.05) is 24.3 Å². The number of benzene rings is 2. The van der Waals surface area contributed by atoms with Gasteiger partial charge < -0.3 is 10.1 Å². The second kappa shape index (κ2) is 9.03. The first kappa shape index (κ1) is 20.1. The molecule has 2 aromatic carbocycles. The first-order valence-corrected chi connectivity index (χ1v) is 11.3. The van der Waals surface area contributed by atoms with Crippen molar-refractivity contribution >= 4 is 44.2 Å². The Hall–Kier alpha value is -1.65. The van der Waals surface area contributed by atoms with Crippen LogP contribution in [0.25, 0.3) is 0 Å². The Balaban J connectivity index is 1.52.